The van der Waals surface area contributed by atoms with E-state index in [4.69, 9.17) is 9.47 Å². The Morgan fingerprint density at radius 1 is 0.864 bits per heavy atom. The van der Waals surface area contributed by atoms with E-state index in [0.29, 0.717) is 35.8 Å². The topological polar surface area (TPSA) is 134 Å². The number of carbonyl (C=O) groups excluding carboxylic acids is 3. The van der Waals surface area contributed by atoms with Gasteiger partial charge >= 0.3 is 0 Å². The number of methoxy groups -OCH3 is 2. The Morgan fingerprint density at radius 2 is 1.48 bits per heavy atom. The van der Waals surface area contributed by atoms with Gasteiger partial charge in [0.1, 0.15) is 17.3 Å². The molecule has 10 nitrogen and oxygen atoms in total. The summed E-state index contributed by atoms with van der Waals surface area (Å²) >= 11 is 0. The summed E-state index contributed by atoms with van der Waals surface area (Å²) in [7, 11) is -1.13. The normalized spacial score (nSPS) is 12.8. The number of hydrogen-bond donors (Lipinski definition) is 3. The molecule has 2 atom stereocenters. The second-order valence-electron chi connectivity index (χ2n) is 10.4. The maximum absolute atomic E-state index is 13.7. The van der Waals surface area contributed by atoms with E-state index in [-0.39, 0.29) is 30.5 Å². The van der Waals surface area contributed by atoms with Crippen LogP contribution in [0.3, 0.4) is 0 Å². The highest BCUT2D eigenvalue weighted by atomic mass is 31.2. The number of anilines is 1. The lowest BCUT2D eigenvalue weighted by molar-refractivity contribution is -0.115. The Hall–Kier alpha value is -4.14. The van der Waals surface area contributed by atoms with Crippen molar-refractivity contribution in [3.63, 3.8) is 0 Å². The Labute approximate surface area is 259 Å². The third kappa shape index (κ3) is 9.96. The zero-order valence-corrected chi connectivity index (χ0v) is 26.6. The molecule has 236 valence electrons. The number of amides is 3. The molecule has 0 heterocycles. The third-order valence-electron chi connectivity index (χ3n) is 7.00. The van der Waals surface area contributed by atoms with Crippen LogP contribution in [0, 0.1) is 0 Å². The van der Waals surface area contributed by atoms with Gasteiger partial charge in [-0.2, -0.15) is 0 Å². The fourth-order valence-electron chi connectivity index (χ4n) is 4.72. The summed E-state index contributed by atoms with van der Waals surface area (Å²) in [6, 6.07) is 20.3. The minimum absolute atomic E-state index is 0.0778. The predicted molar refractivity (Wildman–Crippen MR) is 172 cm³/mol. The standard InChI is InChI=1S/C33H42N3O7P/c1-5-16-36(17-6-2)33(39)26-14-10-13-25(20-26)32(38)35-31(19-24-11-8-7-9-12-24)44(40,41)18-15-30(37)34-27-21-28(42-3)23-29(22-27)43-4/h7-14,20-23,31H,5-6,15-19H2,1-4H3,(H,34,37)(H,35,38)(H,40,41). The fourth-order valence-corrected chi connectivity index (χ4v) is 6.37. The first-order chi connectivity index (χ1) is 21.1. The first-order valence-corrected chi connectivity index (χ1v) is 16.6. The van der Waals surface area contributed by atoms with E-state index in [9.17, 15) is 23.8 Å². The molecule has 3 N–H and O–H groups in total. The molecular weight excluding hydrogens is 581 g/mol. The molecular formula is C33H42N3O7P. The van der Waals surface area contributed by atoms with Crippen molar-refractivity contribution in [1.82, 2.24) is 10.2 Å². The number of hydrogen-bond acceptors (Lipinski definition) is 6. The molecule has 0 aliphatic rings. The zero-order valence-electron chi connectivity index (χ0n) is 25.7. The van der Waals surface area contributed by atoms with Gasteiger partial charge in [-0.1, -0.05) is 50.2 Å². The highest BCUT2D eigenvalue weighted by molar-refractivity contribution is 7.58. The summed E-state index contributed by atoms with van der Waals surface area (Å²) in [5.74, 6) is -1.44. The van der Waals surface area contributed by atoms with Crippen molar-refractivity contribution in [3.8, 4) is 11.5 Å². The molecule has 3 amide bonds. The Kier molecular flexibility index (Phi) is 13.0. The highest BCUT2D eigenvalue weighted by Gasteiger charge is 2.33. The van der Waals surface area contributed by atoms with E-state index in [1.54, 1.807) is 65.6 Å². The second-order valence-corrected chi connectivity index (χ2v) is 13.0. The lowest BCUT2D eigenvalue weighted by Crippen LogP contribution is -2.37. The van der Waals surface area contributed by atoms with Gasteiger partial charge in [0, 0.05) is 67.1 Å². The van der Waals surface area contributed by atoms with E-state index < -0.39 is 25.0 Å². The summed E-state index contributed by atoms with van der Waals surface area (Å²) in [5.41, 5.74) is 1.74. The average Bonchev–Trinajstić information content (AvgIpc) is 3.03. The number of benzene rings is 3. The van der Waals surface area contributed by atoms with Crippen molar-refractivity contribution >= 4 is 30.8 Å². The minimum atomic E-state index is -4.11. The Morgan fingerprint density at radius 3 is 2.07 bits per heavy atom. The van der Waals surface area contributed by atoms with E-state index in [1.165, 1.54) is 20.3 Å². The van der Waals surface area contributed by atoms with Gasteiger partial charge in [0.05, 0.1) is 14.2 Å². The van der Waals surface area contributed by atoms with Gasteiger partial charge in [0.25, 0.3) is 11.8 Å². The minimum Gasteiger partial charge on any atom is -0.497 e. The molecule has 0 aliphatic heterocycles. The number of nitrogens with one attached hydrogen (secondary N) is 2. The molecule has 2 unspecified atom stereocenters. The monoisotopic (exact) mass is 623 g/mol. The largest absolute Gasteiger partial charge is 0.497 e. The van der Waals surface area contributed by atoms with E-state index in [0.717, 1.165) is 18.4 Å². The Bertz CT molecular complexity index is 1440. The van der Waals surface area contributed by atoms with Gasteiger partial charge in [-0.15, -0.1) is 0 Å². The van der Waals surface area contributed by atoms with Gasteiger partial charge < -0.3 is 29.9 Å². The molecule has 0 saturated heterocycles. The van der Waals surface area contributed by atoms with E-state index in [1.807, 2.05) is 19.9 Å². The van der Waals surface area contributed by atoms with Gasteiger partial charge in [-0.25, -0.2) is 0 Å². The van der Waals surface area contributed by atoms with E-state index in [2.05, 4.69) is 10.6 Å². The summed E-state index contributed by atoms with van der Waals surface area (Å²) in [6.45, 7) is 5.21. The second kappa shape index (κ2) is 16.6. The molecule has 44 heavy (non-hydrogen) atoms. The van der Waals surface area contributed by atoms with Crippen molar-refractivity contribution in [2.75, 3.05) is 38.8 Å². The van der Waals surface area contributed by atoms with Crippen LogP contribution in [0.5, 0.6) is 11.5 Å². The van der Waals surface area contributed by atoms with Gasteiger partial charge in [-0.05, 0) is 36.6 Å². The summed E-state index contributed by atoms with van der Waals surface area (Å²) in [5, 5.41) is 5.44. The van der Waals surface area contributed by atoms with Crippen LogP contribution in [-0.2, 0) is 15.8 Å². The lowest BCUT2D eigenvalue weighted by Gasteiger charge is -2.25. The molecule has 0 aliphatic carbocycles. The summed E-state index contributed by atoms with van der Waals surface area (Å²) < 4.78 is 24.2. The smallest absolute Gasteiger partial charge is 0.253 e. The average molecular weight is 624 g/mol. The van der Waals surface area contributed by atoms with Crippen molar-refractivity contribution in [2.45, 2.75) is 45.3 Å². The lowest BCUT2D eigenvalue weighted by atomic mass is 10.1. The summed E-state index contributed by atoms with van der Waals surface area (Å²) in [4.78, 5) is 52.3. The maximum atomic E-state index is 13.7. The molecule has 0 spiro atoms. The number of carbonyl (C=O) groups is 3. The first kappa shape index (κ1) is 34.4. The van der Waals surface area contributed by atoms with E-state index >= 15 is 0 Å². The van der Waals surface area contributed by atoms with Crippen LogP contribution in [0.4, 0.5) is 5.69 Å². The van der Waals surface area contributed by atoms with Crippen LogP contribution < -0.4 is 20.1 Å². The zero-order chi connectivity index (χ0) is 32.1. The molecule has 3 aromatic carbocycles. The molecule has 0 fully saturated rings. The molecule has 0 saturated carbocycles. The molecule has 0 aromatic heterocycles. The number of ether oxygens (including phenoxy) is 2. The first-order valence-electron chi connectivity index (χ1n) is 14.7. The Balaban J connectivity index is 1.77. The van der Waals surface area contributed by atoms with Gasteiger partial charge in [0.15, 0.2) is 0 Å². The highest BCUT2D eigenvalue weighted by Crippen LogP contribution is 2.47. The molecule has 3 aromatic rings. The van der Waals surface area contributed by atoms with Crippen LogP contribution in [0.1, 0.15) is 59.4 Å². The van der Waals surface area contributed by atoms with Crippen molar-refractivity contribution in [3.05, 3.63) is 89.5 Å². The quantitative estimate of drug-likeness (QED) is 0.178. The summed E-state index contributed by atoms with van der Waals surface area (Å²) in [6.07, 6.45) is 1.08. The molecule has 3 rings (SSSR count). The number of nitrogens with zero attached hydrogens (tertiary/aromatic N) is 1. The third-order valence-corrected chi connectivity index (χ3v) is 9.15. The van der Waals surface area contributed by atoms with Crippen molar-refractivity contribution in [1.29, 1.82) is 0 Å². The van der Waals surface area contributed by atoms with Crippen LogP contribution in [-0.4, -0.2) is 66.8 Å². The SMILES string of the molecule is CCCN(CCC)C(=O)c1cccc(C(=O)NC(Cc2ccccc2)P(=O)(O)CCC(=O)Nc2cc(OC)cc(OC)c2)c1. The van der Waals surface area contributed by atoms with Crippen LogP contribution in [0.2, 0.25) is 0 Å². The molecule has 0 bridgehead atoms. The van der Waals surface area contributed by atoms with Crippen LogP contribution in [0.15, 0.2) is 72.8 Å². The molecule has 0 radical (unpaired) electrons. The van der Waals surface area contributed by atoms with Crippen molar-refractivity contribution in [2.24, 2.45) is 0 Å². The molecule has 11 heteroatoms. The van der Waals surface area contributed by atoms with Gasteiger partial charge in [0.2, 0.25) is 13.3 Å². The van der Waals surface area contributed by atoms with Crippen molar-refractivity contribution < 1.29 is 33.3 Å². The maximum Gasteiger partial charge on any atom is 0.253 e. The van der Waals surface area contributed by atoms with Gasteiger partial charge in [-0.3, -0.25) is 18.9 Å². The van der Waals surface area contributed by atoms with Crippen LogP contribution >= 0.6 is 7.37 Å². The predicted octanol–water partition coefficient (Wildman–Crippen LogP) is 5.56. The van der Waals surface area contributed by atoms with Crippen LogP contribution in [0.25, 0.3) is 0 Å². The number of rotatable bonds is 16. The fraction of sp³-hybridized carbons (Fsp3) is 0.364.